The Hall–Kier alpha value is -1.86. The predicted octanol–water partition coefficient (Wildman–Crippen LogP) is 0.284. The minimum absolute atomic E-state index is 0.492. The van der Waals surface area contributed by atoms with Crippen LogP contribution in [0.25, 0.3) is 0 Å². The van der Waals surface area contributed by atoms with Crippen molar-refractivity contribution in [2.75, 3.05) is 0 Å². The number of nitrogens with two attached hydrogens (primary N) is 1. The predicted molar refractivity (Wildman–Crippen MR) is 47.1 cm³/mol. The van der Waals surface area contributed by atoms with Crippen molar-refractivity contribution in [1.82, 2.24) is 5.43 Å². The van der Waals surface area contributed by atoms with Gasteiger partial charge < -0.3 is 0 Å². The molecule has 0 bridgehead atoms. The number of hydrogen-bond acceptors (Lipinski definition) is 3. The maximum Gasteiger partial charge on any atom is 0.255 e. The molecule has 1 atom stereocenters. The minimum atomic E-state index is -0.828. The third-order valence-corrected chi connectivity index (χ3v) is 1.67. The quantitative estimate of drug-likeness (QED) is 0.385. The zero-order valence-electron chi connectivity index (χ0n) is 6.90. The fourth-order valence-corrected chi connectivity index (χ4v) is 1.01. The number of nitrogens with one attached hydrogen (secondary N) is 1. The lowest BCUT2D eigenvalue weighted by Gasteiger charge is -2.06. The summed E-state index contributed by atoms with van der Waals surface area (Å²) < 4.78 is 0. The van der Waals surface area contributed by atoms with Gasteiger partial charge in [0.05, 0.1) is 6.07 Å². The fourth-order valence-electron chi connectivity index (χ4n) is 1.01. The second kappa shape index (κ2) is 4.24. The van der Waals surface area contributed by atoms with E-state index in [0.29, 0.717) is 5.56 Å². The number of hydrogen-bond donors (Lipinski definition) is 2. The molecule has 0 radical (unpaired) electrons. The summed E-state index contributed by atoms with van der Waals surface area (Å²) in [5, 5.41) is 8.71. The molecule has 0 aliphatic heterocycles. The van der Waals surface area contributed by atoms with Crippen molar-refractivity contribution in [2.24, 2.45) is 5.84 Å². The zero-order chi connectivity index (χ0) is 9.68. The first-order chi connectivity index (χ1) is 6.29. The minimum Gasteiger partial charge on any atom is -0.293 e. The summed E-state index contributed by atoms with van der Waals surface area (Å²) in [6.07, 6.45) is 0. The third kappa shape index (κ3) is 2.04. The van der Waals surface area contributed by atoms with Gasteiger partial charge in [0, 0.05) is 0 Å². The molecule has 1 aromatic rings. The number of carbonyl (C=O) groups excluding carboxylic acids is 1. The van der Waals surface area contributed by atoms with Gasteiger partial charge in [-0.1, -0.05) is 30.3 Å². The summed E-state index contributed by atoms with van der Waals surface area (Å²) in [6.45, 7) is 0. The first kappa shape index (κ1) is 9.23. The van der Waals surface area contributed by atoms with Crippen molar-refractivity contribution in [3.05, 3.63) is 35.9 Å². The van der Waals surface area contributed by atoms with E-state index in [2.05, 4.69) is 0 Å². The van der Waals surface area contributed by atoms with E-state index in [1.54, 1.807) is 24.3 Å². The highest BCUT2D eigenvalue weighted by atomic mass is 16.2. The summed E-state index contributed by atoms with van der Waals surface area (Å²) in [4.78, 5) is 11.1. The molecule has 3 N–H and O–H groups in total. The van der Waals surface area contributed by atoms with Gasteiger partial charge in [-0.05, 0) is 5.56 Å². The van der Waals surface area contributed by atoms with E-state index in [4.69, 9.17) is 11.1 Å². The molecule has 0 aliphatic carbocycles. The largest absolute Gasteiger partial charge is 0.293 e. The Balaban J connectivity index is 2.93. The highest BCUT2D eigenvalue weighted by Gasteiger charge is 2.17. The van der Waals surface area contributed by atoms with Crippen molar-refractivity contribution < 1.29 is 4.79 Å². The van der Waals surface area contributed by atoms with Crippen LogP contribution in [-0.4, -0.2) is 5.91 Å². The number of benzene rings is 1. The Bertz CT molecular complexity index is 328. The van der Waals surface area contributed by atoms with Gasteiger partial charge in [-0.2, -0.15) is 5.26 Å². The van der Waals surface area contributed by atoms with Gasteiger partial charge >= 0.3 is 0 Å². The molecular formula is C9H9N3O. The Morgan fingerprint density at radius 3 is 2.54 bits per heavy atom. The first-order valence-electron chi connectivity index (χ1n) is 3.74. The summed E-state index contributed by atoms with van der Waals surface area (Å²) in [5.41, 5.74) is 2.60. The Kier molecular flexibility index (Phi) is 3.01. The second-order valence-corrected chi connectivity index (χ2v) is 2.48. The van der Waals surface area contributed by atoms with E-state index < -0.39 is 11.8 Å². The molecule has 0 saturated carbocycles. The average Bonchev–Trinajstić information content (AvgIpc) is 2.20. The summed E-state index contributed by atoms with van der Waals surface area (Å²) >= 11 is 0. The molecular weight excluding hydrogens is 166 g/mol. The lowest BCUT2D eigenvalue weighted by atomic mass is 10.0. The van der Waals surface area contributed by atoms with E-state index in [1.807, 2.05) is 17.6 Å². The molecule has 0 aliphatic rings. The van der Waals surface area contributed by atoms with Gasteiger partial charge in [-0.3, -0.25) is 10.2 Å². The summed E-state index contributed by atoms with van der Waals surface area (Å²) in [6, 6.07) is 10.7. The van der Waals surface area contributed by atoms with Gasteiger partial charge in [0.15, 0.2) is 5.92 Å². The van der Waals surface area contributed by atoms with Gasteiger partial charge in [0.1, 0.15) is 0 Å². The Labute approximate surface area is 75.9 Å². The number of nitrogens with zero attached hydrogens (tertiary/aromatic N) is 1. The van der Waals surface area contributed by atoms with E-state index in [-0.39, 0.29) is 0 Å². The lowest BCUT2D eigenvalue weighted by Crippen LogP contribution is -2.34. The van der Waals surface area contributed by atoms with E-state index in [9.17, 15) is 4.79 Å². The summed E-state index contributed by atoms with van der Waals surface area (Å²) in [5.74, 6) is 3.62. The molecule has 66 valence electrons. The maximum absolute atomic E-state index is 11.1. The second-order valence-electron chi connectivity index (χ2n) is 2.48. The van der Waals surface area contributed by atoms with Crippen LogP contribution in [0.1, 0.15) is 11.5 Å². The van der Waals surface area contributed by atoms with Crippen LogP contribution in [0.2, 0.25) is 0 Å². The molecule has 1 rings (SSSR count). The lowest BCUT2D eigenvalue weighted by molar-refractivity contribution is -0.121. The van der Waals surface area contributed by atoms with Gasteiger partial charge in [0.2, 0.25) is 0 Å². The van der Waals surface area contributed by atoms with Gasteiger partial charge in [-0.25, -0.2) is 5.84 Å². The van der Waals surface area contributed by atoms with E-state index in [0.717, 1.165) is 0 Å². The van der Waals surface area contributed by atoms with Crippen molar-refractivity contribution in [3.8, 4) is 6.07 Å². The van der Waals surface area contributed by atoms with Gasteiger partial charge in [0.25, 0.3) is 5.91 Å². The van der Waals surface area contributed by atoms with Crippen LogP contribution in [0, 0.1) is 11.3 Å². The average molecular weight is 175 g/mol. The molecule has 0 fully saturated rings. The molecule has 4 nitrogen and oxygen atoms in total. The van der Waals surface area contributed by atoms with Crippen molar-refractivity contribution in [2.45, 2.75) is 5.92 Å². The van der Waals surface area contributed by atoms with Crippen molar-refractivity contribution >= 4 is 5.91 Å². The number of rotatable bonds is 2. The van der Waals surface area contributed by atoms with Crippen molar-refractivity contribution in [1.29, 1.82) is 5.26 Å². The molecule has 0 heterocycles. The van der Waals surface area contributed by atoms with Crippen LogP contribution in [-0.2, 0) is 4.79 Å². The number of nitriles is 1. The van der Waals surface area contributed by atoms with Crippen molar-refractivity contribution in [3.63, 3.8) is 0 Å². The number of amides is 1. The molecule has 0 aromatic heterocycles. The standard InChI is InChI=1S/C9H9N3O/c10-6-8(9(13)12-11)7-4-2-1-3-5-7/h1-5,8H,11H2,(H,12,13)/t8-/m0/s1. The zero-order valence-corrected chi connectivity index (χ0v) is 6.90. The highest BCUT2D eigenvalue weighted by Crippen LogP contribution is 2.13. The molecule has 13 heavy (non-hydrogen) atoms. The smallest absolute Gasteiger partial charge is 0.255 e. The van der Waals surface area contributed by atoms with Crippen LogP contribution in [0.3, 0.4) is 0 Å². The SMILES string of the molecule is N#C[C@H](C(=O)NN)c1ccccc1. The Morgan fingerprint density at radius 2 is 2.08 bits per heavy atom. The normalized spacial score (nSPS) is 11.4. The fraction of sp³-hybridized carbons (Fsp3) is 0.111. The monoisotopic (exact) mass is 175 g/mol. The molecule has 0 unspecified atom stereocenters. The maximum atomic E-state index is 11.1. The van der Waals surface area contributed by atoms with E-state index in [1.165, 1.54) is 0 Å². The number of carbonyl (C=O) groups is 1. The van der Waals surface area contributed by atoms with Crippen LogP contribution >= 0.6 is 0 Å². The molecule has 1 amide bonds. The van der Waals surface area contributed by atoms with Crippen LogP contribution in [0.4, 0.5) is 0 Å². The molecule has 1 aromatic carbocycles. The van der Waals surface area contributed by atoms with Gasteiger partial charge in [-0.15, -0.1) is 0 Å². The number of hydrazine groups is 1. The van der Waals surface area contributed by atoms with E-state index >= 15 is 0 Å². The van der Waals surface area contributed by atoms with Crippen LogP contribution in [0.15, 0.2) is 30.3 Å². The van der Waals surface area contributed by atoms with Crippen LogP contribution in [0.5, 0.6) is 0 Å². The Morgan fingerprint density at radius 1 is 1.46 bits per heavy atom. The highest BCUT2D eigenvalue weighted by molar-refractivity contribution is 5.85. The topological polar surface area (TPSA) is 78.9 Å². The van der Waals surface area contributed by atoms with Crippen LogP contribution < -0.4 is 11.3 Å². The third-order valence-electron chi connectivity index (χ3n) is 1.67. The molecule has 0 saturated heterocycles. The molecule has 4 heteroatoms. The summed E-state index contributed by atoms with van der Waals surface area (Å²) in [7, 11) is 0. The first-order valence-corrected chi connectivity index (χ1v) is 3.74. The molecule has 0 spiro atoms.